The van der Waals surface area contributed by atoms with Crippen LogP contribution < -0.4 is 5.32 Å². The summed E-state index contributed by atoms with van der Waals surface area (Å²) in [6, 6.07) is 6.86. The van der Waals surface area contributed by atoms with Crippen LogP contribution in [0.5, 0.6) is 0 Å². The summed E-state index contributed by atoms with van der Waals surface area (Å²) in [7, 11) is 0. The molecule has 0 spiro atoms. The summed E-state index contributed by atoms with van der Waals surface area (Å²) in [6.07, 6.45) is 0. The van der Waals surface area contributed by atoms with E-state index in [4.69, 9.17) is 0 Å². The maximum atomic E-state index is 3.60. The van der Waals surface area contributed by atoms with Crippen LogP contribution in [0, 0.1) is 19.8 Å². The van der Waals surface area contributed by atoms with Crippen LogP contribution >= 0.6 is 0 Å². The van der Waals surface area contributed by atoms with Crippen molar-refractivity contribution in [3.8, 4) is 0 Å². The van der Waals surface area contributed by atoms with E-state index < -0.39 is 0 Å². The van der Waals surface area contributed by atoms with Gasteiger partial charge in [-0.3, -0.25) is 0 Å². The highest BCUT2D eigenvalue weighted by atomic mass is 14.9. The van der Waals surface area contributed by atoms with Gasteiger partial charge in [0.25, 0.3) is 0 Å². The monoisotopic (exact) mass is 247 g/mol. The lowest BCUT2D eigenvalue weighted by molar-refractivity contribution is 0.359. The second kappa shape index (κ2) is 5.88. The maximum Gasteiger partial charge on any atom is 0.00966 e. The molecular weight excluding hydrogens is 218 g/mol. The van der Waals surface area contributed by atoms with Crippen LogP contribution in [-0.2, 0) is 0 Å². The Bertz CT molecular complexity index is 387. The molecule has 0 aliphatic carbocycles. The van der Waals surface area contributed by atoms with Gasteiger partial charge < -0.3 is 5.32 Å². The zero-order valence-corrected chi connectivity index (χ0v) is 13.1. The van der Waals surface area contributed by atoms with Crippen molar-refractivity contribution in [2.45, 2.75) is 59.9 Å². The molecule has 1 heteroatoms. The first kappa shape index (κ1) is 15.2. The molecule has 102 valence electrons. The van der Waals surface area contributed by atoms with Crippen LogP contribution in [0.4, 0.5) is 0 Å². The molecule has 1 aromatic rings. The Hall–Kier alpha value is -0.820. The zero-order chi connectivity index (χ0) is 13.9. The Labute approximate surface area is 113 Å². The molecule has 1 aromatic carbocycles. The first-order valence-electron chi connectivity index (χ1n) is 7.03. The van der Waals surface area contributed by atoms with Crippen molar-refractivity contribution in [3.63, 3.8) is 0 Å². The minimum absolute atomic E-state index is 0.206. The number of rotatable bonds is 4. The largest absolute Gasteiger partial charge is 0.312 e. The average molecular weight is 247 g/mol. The fourth-order valence-corrected chi connectivity index (χ4v) is 2.02. The molecule has 0 amide bonds. The molecule has 0 aromatic heterocycles. The Kier molecular flexibility index (Phi) is 4.98. The molecule has 2 atom stereocenters. The second-order valence-corrected chi connectivity index (χ2v) is 6.74. The average Bonchev–Trinajstić information content (AvgIpc) is 2.27. The van der Waals surface area contributed by atoms with Gasteiger partial charge in [-0.1, -0.05) is 32.0 Å². The predicted molar refractivity (Wildman–Crippen MR) is 81.3 cm³/mol. The Balaban J connectivity index is 2.68. The SMILES string of the molecule is Cc1ccc(C(C)C(C)CNC(C)(C)C)cc1C. The van der Waals surface area contributed by atoms with Gasteiger partial charge in [0.05, 0.1) is 0 Å². The lowest BCUT2D eigenvalue weighted by atomic mass is 9.87. The predicted octanol–water partition coefficient (Wildman–Crippen LogP) is 4.43. The smallest absolute Gasteiger partial charge is 0.00966 e. The quantitative estimate of drug-likeness (QED) is 0.830. The number of hydrogen-bond donors (Lipinski definition) is 1. The Morgan fingerprint density at radius 1 is 1.06 bits per heavy atom. The standard InChI is InChI=1S/C17H29N/c1-12-8-9-16(10-13(12)2)15(4)14(3)11-18-17(5,6)7/h8-10,14-15,18H,11H2,1-7H3. The van der Waals surface area contributed by atoms with Crippen LogP contribution in [0.2, 0.25) is 0 Å². The third-order valence-electron chi connectivity index (χ3n) is 3.86. The molecule has 0 heterocycles. The topological polar surface area (TPSA) is 12.0 Å². The van der Waals surface area contributed by atoms with E-state index in [2.05, 4.69) is 72.0 Å². The van der Waals surface area contributed by atoms with E-state index in [-0.39, 0.29) is 5.54 Å². The van der Waals surface area contributed by atoms with Gasteiger partial charge in [0.1, 0.15) is 0 Å². The van der Waals surface area contributed by atoms with Gasteiger partial charge in [-0.05, 0) is 69.7 Å². The summed E-state index contributed by atoms with van der Waals surface area (Å²) >= 11 is 0. The molecule has 0 aliphatic heterocycles. The van der Waals surface area contributed by atoms with Gasteiger partial charge in [0.15, 0.2) is 0 Å². The van der Waals surface area contributed by atoms with Gasteiger partial charge in [0, 0.05) is 5.54 Å². The molecule has 2 unspecified atom stereocenters. The van der Waals surface area contributed by atoms with Crippen LogP contribution in [-0.4, -0.2) is 12.1 Å². The molecule has 1 nitrogen and oxygen atoms in total. The van der Waals surface area contributed by atoms with E-state index >= 15 is 0 Å². The fourth-order valence-electron chi connectivity index (χ4n) is 2.02. The van der Waals surface area contributed by atoms with Gasteiger partial charge in [-0.15, -0.1) is 0 Å². The molecular formula is C17H29N. The van der Waals surface area contributed by atoms with Gasteiger partial charge in [-0.2, -0.15) is 0 Å². The molecule has 1 rings (SSSR count). The van der Waals surface area contributed by atoms with E-state index in [1.165, 1.54) is 16.7 Å². The third kappa shape index (κ3) is 4.45. The molecule has 1 N–H and O–H groups in total. The summed E-state index contributed by atoms with van der Waals surface area (Å²) in [5, 5.41) is 3.60. The van der Waals surface area contributed by atoms with Gasteiger partial charge >= 0.3 is 0 Å². The van der Waals surface area contributed by atoms with Crippen LogP contribution in [0.25, 0.3) is 0 Å². The van der Waals surface area contributed by atoms with Crippen molar-refractivity contribution < 1.29 is 0 Å². The molecule has 0 fully saturated rings. The van der Waals surface area contributed by atoms with Crippen LogP contribution in [0.3, 0.4) is 0 Å². The van der Waals surface area contributed by atoms with Crippen molar-refractivity contribution in [2.75, 3.05) is 6.54 Å². The first-order valence-corrected chi connectivity index (χ1v) is 7.03. The summed E-state index contributed by atoms with van der Waals surface area (Å²) in [6.45, 7) is 16.8. The molecule has 0 saturated carbocycles. The van der Waals surface area contributed by atoms with E-state index in [0.717, 1.165) is 6.54 Å². The van der Waals surface area contributed by atoms with E-state index in [1.54, 1.807) is 0 Å². The number of benzene rings is 1. The fraction of sp³-hybridized carbons (Fsp3) is 0.647. The molecule has 18 heavy (non-hydrogen) atoms. The molecule has 0 radical (unpaired) electrons. The lowest BCUT2D eigenvalue weighted by Crippen LogP contribution is -2.39. The summed E-state index contributed by atoms with van der Waals surface area (Å²) < 4.78 is 0. The summed E-state index contributed by atoms with van der Waals surface area (Å²) in [5.74, 6) is 1.24. The highest BCUT2D eigenvalue weighted by molar-refractivity contribution is 5.32. The van der Waals surface area contributed by atoms with E-state index in [0.29, 0.717) is 11.8 Å². The van der Waals surface area contributed by atoms with Crippen molar-refractivity contribution in [3.05, 3.63) is 34.9 Å². The number of hydrogen-bond acceptors (Lipinski definition) is 1. The van der Waals surface area contributed by atoms with Crippen LogP contribution in [0.15, 0.2) is 18.2 Å². The maximum absolute atomic E-state index is 3.60. The minimum Gasteiger partial charge on any atom is -0.312 e. The Morgan fingerprint density at radius 3 is 2.17 bits per heavy atom. The lowest BCUT2D eigenvalue weighted by Gasteiger charge is -2.27. The zero-order valence-electron chi connectivity index (χ0n) is 13.1. The highest BCUT2D eigenvalue weighted by Gasteiger charge is 2.17. The minimum atomic E-state index is 0.206. The normalized spacial score (nSPS) is 15.5. The van der Waals surface area contributed by atoms with Gasteiger partial charge in [0.2, 0.25) is 0 Å². The number of aryl methyl sites for hydroxylation is 2. The van der Waals surface area contributed by atoms with Gasteiger partial charge in [-0.25, -0.2) is 0 Å². The second-order valence-electron chi connectivity index (χ2n) is 6.74. The highest BCUT2D eigenvalue weighted by Crippen LogP contribution is 2.25. The Morgan fingerprint density at radius 2 is 1.67 bits per heavy atom. The molecule has 0 aliphatic rings. The molecule has 0 saturated heterocycles. The number of nitrogens with one attached hydrogen (secondary N) is 1. The van der Waals surface area contributed by atoms with E-state index in [1.807, 2.05) is 0 Å². The summed E-state index contributed by atoms with van der Waals surface area (Å²) in [5.41, 5.74) is 4.44. The van der Waals surface area contributed by atoms with Crippen LogP contribution in [0.1, 0.15) is 57.2 Å². The van der Waals surface area contributed by atoms with Crippen molar-refractivity contribution in [1.29, 1.82) is 0 Å². The van der Waals surface area contributed by atoms with Crippen molar-refractivity contribution >= 4 is 0 Å². The molecule has 0 bridgehead atoms. The summed E-state index contributed by atoms with van der Waals surface area (Å²) in [4.78, 5) is 0. The van der Waals surface area contributed by atoms with Crippen molar-refractivity contribution in [2.24, 2.45) is 5.92 Å². The first-order chi connectivity index (χ1) is 8.20. The van der Waals surface area contributed by atoms with E-state index in [9.17, 15) is 0 Å². The third-order valence-corrected chi connectivity index (χ3v) is 3.86. The van der Waals surface area contributed by atoms with Crippen molar-refractivity contribution in [1.82, 2.24) is 5.32 Å².